The van der Waals surface area contributed by atoms with Gasteiger partial charge >= 0.3 is 0 Å². The van der Waals surface area contributed by atoms with E-state index < -0.39 is 0 Å². The molecule has 0 aromatic carbocycles. The molecule has 0 atom stereocenters. The highest BCUT2D eigenvalue weighted by atomic mass is 16.5. The van der Waals surface area contributed by atoms with E-state index in [1.807, 2.05) is 33.0 Å². The van der Waals surface area contributed by atoms with E-state index in [4.69, 9.17) is 9.47 Å². The zero-order valence-corrected chi connectivity index (χ0v) is 9.49. The third kappa shape index (κ3) is 4.16. The Bertz CT molecular complexity index is 290. The second kappa shape index (κ2) is 6.24. The standard InChI is InChI=1S/C11H18N2O2/c1-9(2)15-10-5-4-6-13-11(10)14-8-7-12-3/h4-6,9,12H,7-8H2,1-3H3. The topological polar surface area (TPSA) is 43.4 Å². The van der Waals surface area contributed by atoms with Crippen LogP contribution in [0.25, 0.3) is 0 Å². The Kier molecular flexibility index (Phi) is 4.90. The number of likely N-dealkylation sites (N-methyl/N-ethyl adjacent to an activating group) is 1. The zero-order chi connectivity index (χ0) is 11.1. The Balaban J connectivity index is 2.60. The van der Waals surface area contributed by atoms with Crippen molar-refractivity contribution in [2.75, 3.05) is 20.2 Å². The molecule has 0 radical (unpaired) electrons. The summed E-state index contributed by atoms with van der Waals surface area (Å²) >= 11 is 0. The second-order valence-electron chi connectivity index (χ2n) is 3.43. The van der Waals surface area contributed by atoms with Gasteiger partial charge in [0.2, 0.25) is 0 Å². The van der Waals surface area contributed by atoms with Gasteiger partial charge in [0.05, 0.1) is 6.10 Å². The largest absolute Gasteiger partial charge is 0.485 e. The van der Waals surface area contributed by atoms with Crippen LogP contribution in [0.5, 0.6) is 11.6 Å². The van der Waals surface area contributed by atoms with Crippen LogP contribution in [0.2, 0.25) is 0 Å². The second-order valence-corrected chi connectivity index (χ2v) is 3.43. The molecule has 0 saturated heterocycles. The van der Waals surface area contributed by atoms with E-state index in [1.165, 1.54) is 0 Å². The molecule has 1 aromatic heterocycles. The van der Waals surface area contributed by atoms with Gasteiger partial charge in [0.1, 0.15) is 6.61 Å². The van der Waals surface area contributed by atoms with Crippen molar-refractivity contribution in [3.05, 3.63) is 18.3 Å². The number of aromatic nitrogens is 1. The van der Waals surface area contributed by atoms with E-state index in [0.717, 1.165) is 6.54 Å². The molecular weight excluding hydrogens is 192 g/mol. The predicted molar refractivity (Wildman–Crippen MR) is 59.4 cm³/mol. The van der Waals surface area contributed by atoms with Gasteiger partial charge in [-0.2, -0.15) is 0 Å². The summed E-state index contributed by atoms with van der Waals surface area (Å²) in [6, 6.07) is 3.70. The third-order valence-electron chi connectivity index (χ3n) is 1.69. The smallest absolute Gasteiger partial charge is 0.257 e. The van der Waals surface area contributed by atoms with Crippen LogP contribution >= 0.6 is 0 Å². The summed E-state index contributed by atoms with van der Waals surface area (Å²) in [4.78, 5) is 4.13. The Hall–Kier alpha value is -1.29. The first-order chi connectivity index (χ1) is 7.24. The van der Waals surface area contributed by atoms with Gasteiger partial charge in [0.15, 0.2) is 5.75 Å². The molecule has 4 nitrogen and oxygen atoms in total. The van der Waals surface area contributed by atoms with Crippen LogP contribution in [0.1, 0.15) is 13.8 Å². The van der Waals surface area contributed by atoms with Crippen molar-refractivity contribution in [2.45, 2.75) is 20.0 Å². The van der Waals surface area contributed by atoms with Crippen molar-refractivity contribution in [3.8, 4) is 11.6 Å². The maximum absolute atomic E-state index is 5.57. The monoisotopic (exact) mass is 210 g/mol. The van der Waals surface area contributed by atoms with Crippen molar-refractivity contribution in [2.24, 2.45) is 0 Å². The molecule has 15 heavy (non-hydrogen) atoms. The van der Waals surface area contributed by atoms with Gasteiger partial charge in [-0.1, -0.05) is 0 Å². The molecule has 1 heterocycles. The number of hydrogen-bond acceptors (Lipinski definition) is 4. The Morgan fingerprint density at radius 2 is 2.27 bits per heavy atom. The molecule has 1 N–H and O–H groups in total. The lowest BCUT2D eigenvalue weighted by atomic mass is 10.4. The maximum atomic E-state index is 5.57. The molecule has 0 aliphatic heterocycles. The Morgan fingerprint density at radius 3 is 2.93 bits per heavy atom. The number of hydrogen-bond donors (Lipinski definition) is 1. The van der Waals surface area contributed by atoms with Gasteiger partial charge in [-0.15, -0.1) is 0 Å². The summed E-state index contributed by atoms with van der Waals surface area (Å²) in [5.74, 6) is 1.25. The first-order valence-corrected chi connectivity index (χ1v) is 5.13. The number of pyridine rings is 1. The molecule has 0 unspecified atom stereocenters. The minimum atomic E-state index is 0.126. The number of ether oxygens (including phenoxy) is 2. The molecule has 0 bridgehead atoms. The molecular formula is C11H18N2O2. The molecule has 4 heteroatoms. The highest BCUT2D eigenvalue weighted by molar-refractivity contribution is 5.32. The van der Waals surface area contributed by atoms with Gasteiger partial charge in [-0.3, -0.25) is 0 Å². The first-order valence-electron chi connectivity index (χ1n) is 5.13. The molecule has 0 aliphatic rings. The van der Waals surface area contributed by atoms with E-state index in [9.17, 15) is 0 Å². The van der Waals surface area contributed by atoms with Crippen LogP contribution in [-0.4, -0.2) is 31.3 Å². The lowest BCUT2D eigenvalue weighted by Gasteiger charge is -2.13. The van der Waals surface area contributed by atoms with Crippen molar-refractivity contribution in [1.29, 1.82) is 0 Å². The molecule has 0 fully saturated rings. The lowest BCUT2D eigenvalue weighted by molar-refractivity contribution is 0.217. The van der Waals surface area contributed by atoms with E-state index in [2.05, 4.69) is 10.3 Å². The highest BCUT2D eigenvalue weighted by Gasteiger charge is 2.06. The molecule has 0 amide bonds. The molecule has 0 saturated carbocycles. The van der Waals surface area contributed by atoms with Crippen LogP contribution in [0.3, 0.4) is 0 Å². The average molecular weight is 210 g/mol. The van der Waals surface area contributed by atoms with E-state index in [0.29, 0.717) is 18.2 Å². The summed E-state index contributed by atoms with van der Waals surface area (Å²) in [7, 11) is 1.88. The van der Waals surface area contributed by atoms with Gasteiger partial charge in [-0.05, 0) is 33.0 Å². The molecule has 84 valence electrons. The van der Waals surface area contributed by atoms with Gasteiger partial charge < -0.3 is 14.8 Å². The lowest BCUT2D eigenvalue weighted by Crippen LogP contribution is -2.17. The average Bonchev–Trinajstić information content (AvgIpc) is 2.20. The summed E-state index contributed by atoms with van der Waals surface area (Å²) in [5.41, 5.74) is 0. The van der Waals surface area contributed by atoms with E-state index >= 15 is 0 Å². The van der Waals surface area contributed by atoms with E-state index in [1.54, 1.807) is 6.20 Å². The quantitative estimate of drug-likeness (QED) is 0.722. The number of nitrogens with zero attached hydrogens (tertiary/aromatic N) is 1. The summed E-state index contributed by atoms with van der Waals surface area (Å²) in [5, 5.41) is 3.00. The van der Waals surface area contributed by atoms with Crippen molar-refractivity contribution >= 4 is 0 Å². The fourth-order valence-electron chi connectivity index (χ4n) is 1.08. The van der Waals surface area contributed by atoms with Crippen molar-refractivity contribution in [3.63, 3.8) is 0 Å². The first kappa shape index (κ1) is 11.8. The van der Waals surface area contributed by atoms with Gasteiger partial charge in [0.25, 0.3) is 5.88 Å². The number of rotatable bonds is 6. The SMILES string of the molecule is CNCCOc1ncccc1OC(C)C. The summed E-state index contributed by atoms with van der Waals surface area (Å²) in [6.45, 7) is 5.33. The van der Waals surface area contributed by atoms with Crippen LogP contribution < -0.4 is 14.8 Å². The van der Waals surface area contributed by atoms with Crippen molar-refractivity contribution < 1.29 is 9.47 Å². The van der Waals surface area contributed by atoms with Gasteiger partial charge in [0, 0.05) is 12.7 Å². The van der Waals surface area contributed by atoms with Crippen LogP contribution in [0, 0.1) is 0 Å². The fraction of sp³-hybridized carbons (Fsp3) is 0.545. The third-order valence-corrected chi connectivity index (χ3v) is 1.69. The minimum Gasteiger partial charge on any atom is -0.485 e. The van der Waals surface area contributed by atoms with Gasteiger partial charge in [-0.25, -0.2) is 4.98 Å². The van der Waals surface area contributed by atoms with Crippen LogP contribution in [0.15, 0.2) is 18.3 Å². The van der Waals surface area contributed by atoms with Crippen LogP contribution in [-0.2, 0) is 0 Å². The minimum absolute atomic E-state index is 0.126. The Labute approximate surface area is 90.6 Å². The fourth-order valence-corrected chi connectivity index (χ4v) is 1.08. The normalized spacial score (nSPS) is 10.4. The van der Waals surface area contributed by atoms with Crippen LogP contribution in [0.4, 0.5) is 0 Å². The maximum Gasteiger partial charge on any atom is 0.257 e. The molecule has 1 rings (SSSR count). The summed E-state index contributed by atoms with van der Waals surface area (Å²) < 4.78 is 11.0. The predicted octanol–water partition coefficient (Wildman–Crippen LogP) is 1.47. The van der Waals surface area contributed by atoms with Crippen molar-refractivity contribution in [1.82, 2.24) is 10.3 Å². The molecule has 0 aliphatic carbocycles. The summed E-state index contributed by atoms with van der Waals surface area (Å²) in [6.07, 6.45) is 1.82. The Morgan fingerprint density at radius 1 is 1.47 bits per heavy atom. The molecule has 0 spiro atoms. The number of nitrogens with one attached hydrogen (secondary N) is 1. The highest BCUT2D eigenvalue weighted by Crippen LogP contribution is 2.24. The zero-order valence-electron chi connectivity index (χ0n) is 9.49. The molecule has 1 aromatic rings. The van der Waals surface area contributed by atoms with E-state index in [-0.39, 0.29) is 6.10 Å².